The molecule has 1 fully saturated rings. The average Bonchev–Trinajstić information content (AvgIpc) is 2.77. The van der Waals surface area contributed by atoms with Gasteiger partial charge in [0.05, 0.1) is 0 Å². The Kier molecular flexibility index (Phi) is 5.96. The Morgan fingerprint density at radius 1 is 1.29 bits per heavy atom. The van der Waals surface area contributed by atoms with Gasteiger partial charge in [0.15, 0.2) is 0 Å². The Labute approximate surface area is 110 Å². The van der Waals surface area contributed by atoms with Gasteiger partial charge in [-0.3, -0.25) is 0 Å². The van der Waals surface area contributed by atoms with Crippen molar-refractivity contribution in [3.05, 3.63) is 35.9 Å². The molecule has 3 heteroatoms. The molecular weight excluding hydrogens is 234 g/mol. The number of rotatable bonds is 4. The molecule has 1 aliphatic carbocycles. The Bertz CT molecular complexity index is 317. The summed E-state index contributed by atoms with van der Waals surface area (Å²) in [5.74, 6) is 0.450. The van der Waals surface area contributed by atoms with Crippen LogP contribution in [0.1, 0.15) is 37.8 Å². The highest BCUT2D eigenvalue weighted by Crippen LogP contribution is 2.27. The molecule has 0 saturated heterocycles. The van der Waals surface area contributed by atoms with Gasteiger partial charge in [0.25, 0.3) is 0 Å². The van der Waals surface area contributed by atoms with Crippen LogP contribution in [0, 0.1) is 5.92 Å². The van der Waals surface area contributed by atoms with E-state index in [0.29, 0.717) is 24.6 Å². The molecule has 96 valence electrons. The van der Waals surface area contributed by atoms with E-state index >= 15 is 0 Å². The molecule has 2 rings (SSSR count). The molecule has 0 aromatic heterocycles. The van der Waals surface area contributed by atoms with E-state index in [9.17, 15) is 5.11 Å². The lowest BCUT2D eigenvalue weighted by atomic mass is 10.0. The van der Waals surface area contributed by atoms with E-state index in [4.69, 9.17) is 0 Å². The third kappa shape index (κ3) is 3.70. The maximum atomic E-state index is 9.28. The van der Waals surface area contributed by atoms with Crippen molar-refractivity contribution in [2.75, 3.05) is 6.61 Å². The Morgan fingerprint density at radius 2 is 2.00 bits per heavy atom. The van der Waals surface area contributed by atoms with Crippen molar-refractivity contribution in [2.24, 2.45) is 5.92 Å². The molecule has 1 aromatic carbocycles. The van der Waals surface area contributed by atoms with Crippen LogP contribution >= 0.6 is 12.4 Å². The van der Waals surface area contributed by atoms with Crippen LogP contribution in [0.25, 0.3) is 0 Å². The largest absolute Gasteiger partial charge is 0.396 e. The molecule has 0 spiro atoms. The number of hydrogen-bond acceptors (Lipinski definition) is 2. The Balaban J connectivity index is 0.00000144. The second kappa shape index (κ2) is 7.00. The zero-order chi connectivity index (χ0) is 11.4. The van der Waals surface area contributed by atoms with Crippen molar-refractivity contribution in [3.63, 3.8) is 0 Å². The van der Waals surface area contributed by atoms with E-state index in [0.717, 1.165) is 6.42 Å². The number of halogens is 1. The second-order valence-electron chi connectivity index (χ2n) is 4.78. The summed E-state index contributed by atoms with van der Waals surface area (Å²) in [7, 11) is 0. The minimum atomic E-state index is 0. The molecule has 1 saturated carbocycles. The van der Waals surface area contributed by atoms with Crippen molar-refractivity contribution in [2.45, 2.75) is 38.3 Å². The van der Waals surface area contributed by atoms with Crippen LogP contribution in [0.4, 0.5) is 0 Å². The maximum absolute atomic E-state index is 9.28. The smallest absolute Gasteiger partial charge is 0.0474 e. The van der Waals surface area contributed by atoms with E-state index in [1.165, 1.54) is 18.4 Å². The molecule has 2 nitrogen and oxygen atoms in total. The molecular formula is C14H22ClNO. The van der Waals surface area contributed by atoms with Crippen LogP contribution in [-0.4, -0.2) is 17.8 Å². The quantitative estimate of drug-likeness (QED) is 0.867. The molecule has 2 N–H and O–H groups in total. The van der Waals surface area contributed by atoms with Gasteiger partial charge in [0, 0.05) is 18.7 Å². The SMILES string of the molecule is C[C@H](N[C@H]1CCC[C@@H]1CO)c1ccccc1.Cl. The highest BCUT2D eigenvalue weighted by molar-refractivity contribution is 5.85. The van der Waals surface area contributed by atoms with Crippen molar-refractivity contribution < 1.29 is 5.11 Å². The standard InChI is InChI=1S/C14H21NO.ClH/c1-11(12-6-3-2-4-7-12)15-14-9-5-8-13(14)10-16;/h2-4,6-7,11,13-16H,5,8-10H2,1H3;1H/t11-,13+,14-;/m0./s1. The fourth-order valence-electron chi connectivity index (χ4n) is 2.63. The van der Waals surface area contributed by atoms with E-state index < -0.39 is 0 Å². The monoisotopic (exact) mass is 255 g/mol. The van der Waals surface area contributed by atoms with Gasteiger partial charge < -0.3 is 10.4 Å². The van der Waals surface area contributed by atoms with Crippen LogP contribution in [0.2, 0.25) is 0 Å². The summed E-state index contributed by atoms with van der Waals surface area (Å²) in [5.41, 5.74) is 1.33. The molecule has 3 atom stereocenters. The van der Waals surface area contributed by atoms with Crippen LogP contribution in [-0.2, 0) is 0 Å². The molecule has 0 bridgehead atoms. The fourth-order valence-corrected chi connectivity index (χ4v) is 2.63. The molecule has 0 unspecified atom stereocenters. The number of hydrogen-bond donors (Lipinski definition) is 2. The summed E-state index contributed by atoms with van der Waals surface area (Å²) < 4.78 is 0. The first kappa shape index (κ1) is 14.5. The van der Waals surface area contributed by atoms with Crippen LogP contribution in [0.5, 0.6) is 0 Å². The minimum Gasteiger partial charge on any atom is -0.396 e. The molecule has 1 aliphatic rings. The Hall–Kier alpha value is -0.570. The summed E-state index contributed by atoms with van der Waals surface area (Å²) in [6.45, 7) is 2.52. The lowest BCUT2D eigenvalue weighted by Crippen LogP contribution is -2.35. The predicted octanol–water partition coefficient (Wildman–Crippen LogP) is 2.92. The first-order chi connectivity index (χ1) is 7.81. The van der Waals surface area contributed by atoms with Gasteiger partial charge in [0.1, 0.15) is 0 Å². The number of nitrogens with one attached hydrogen (secondary N) is 1. The van der Waals surface area contributed by atoms with Crippen molar-refractivity contribution >= 4 is 12.4 Å². The summed E-state index contributed by atoms with van der Waals surface area (Å²) >= 11 is 0. The fraction of sp³-hybridized carbons (Fsp3) is 0.571. The molecule has 0 radical (unpaired) electrons. The maximum Gasteiger partial charge on any atom is 0.0474 e. The van der Waals surface area contributed by atoms with E-state index in [1.807, 2.05) is 6.07 Å². The molecule has 0 amide bonds. The van der Waals surface area contributed by atoms with Gasteiger partial charge in [-0.1, -0.05) is 36.8 Å². The summed E-state index contributed by atoms with van der Waals surface area (Å²) in [5, 5.41) is 12.9. The van der Waals surface area contributed by atoms with Gasteiger partial charge >= 0.3 is 0 Å². The molecule has 0 aliphatic heterocycles. The van der Waals surface area contributed by atoms with Crippen LogP contribution < -0.4 is 5.32 Å². The zero-order valence-electron chi connectivity index (χ0n) is 10.3. The van der Waals surface area contributed by atoms with Crippen LogP contribution in [0.3, 0.4) is 0 Å². The number of aliphatic hydroxyl groups is 1. The second-order valence-corrected chi connectivity index (χ2v) is 4.78. The summed E-state index contributed by atoms with van der Waals surface area (Å²) in [6, 6.07) is 11.4. The normalized spacial score (nSPS) is 25.3. The molecule has 0 heterocycles. The van der Waals surface area contributed by atoms with Gasteiger partial charge in [-0.05, 0) is 31.2 Å². The van der Waals surface area contributed by atoms with Gasteiger partial charge in [0.2, 0.25) is 0 Å². The molecule has 17 heavy (non-hydrogen) atoms. The van der Waals surface area contributed by atoms with E-state index in [1.54, 1.807) is 0 Å². The third-order valence-electron chi connectivity index (χ3n) is 3.66. The summed E-state index contributed by atoms with van der Waals surface area (Å²) in [4.78, 5) is 0. The van der Waals surface area contributed by atoms with E-state index in [2.05, 4.69) is 36.5 Å². The highest BCUT2D eigenvalue weighted by Gasteiger charge is 2.27. The molecule has 1 aromatic rings. The zero-order valence-corrected chi connectivity index (χ0v) is 11.1. The topological polar surface area (TPSA) is 32.3 Å². The number of benzene rings is 1. The third-order valence-corrected chi connectivity index (χ3v) is 3.66. The first-order valence-corrected chi connectivity index (χ1v) is 6.23. The highest BCUT2D eigenvalue weighted by atomic mass is 35.5. The lowest BCUT2D eigenvalue weighted by molar-refractivity contribution is 0.200. The van der Waals surface area contributed by atoms with Crippen molar-refractivity contribution in [1.29, 1.82) is 0 Å². The Morgan fingerprint density at radius 3 is 2.65 bits per heavy atom. The predicted molar refractivity (Wildman–Crippen MR) is 73.5 cm³/mol. The van der Waals surface area contributed by atoms with Crippen molar-refractivity contribution in [3.8, 4) is 0 Å². The number of aliphatic hydroxyl groups excluding tert-OH is 1. The van der Waals surface area contributed by atoms with Crippen molar-refractivity contribution in [1.82, 2.24) is 5.32 Å². The van der Waals surface area contributed by atoms with Gasteiger partial charge in [-0.25, -0.2) is 0 Å². The van der Waals surface area contributed by atoms with Gasteiger partial charge in [-0.15, -0.1) is 12.4 Å². The van der Waals surface area contributed by atoms with Crippen LogP contribution in [0.15, 0.2) is 30.3 Å². The average molecular weight is 256 g/mol. The summed E-state index contributed by atoms with van der Waals surface area (Å²) in [6.07, 6.45) is 3.60. The van der Waals surface area contributed by atoms with Gasteiger partial charge in [-0.2, -0.15) is 0 Å². The first-order valence-electron chi connectivity index (χ1n) is 6.23. The lowest BCUT2D eigenvalue weighted by Gasteiger charge is -2.24. The van der Waals surface area contributed by atoms with E-state index in [-0.39, 0.29) is 12.4 Å². The minimum absolute atomic E-state index is 0.